The summed E-state index contributed by atoms with van der Waals surface area (Å²) in [5.74, 6) is 0. The zero-order valence-corrected chi connectivity index (χ0v) is 12.0. The molecule has 2 aliphatic carbocycles. The van der Waals surface area contributed by atoms with Crippen molar-refractivity contribution in [2.75, 3.05) is 0 Å². The van der Waals surface area contributed by atoms with E-state index < -0.39 is 0 Å². The SMILES string of the molecule is NC1CC(OCc2ccc(Cl)cc2)C12CCCCC2. The van der Waals surface area contributed by atoms with Crippen LogP contribution in [0.1, 0.15) is 44.1 Å². The predicted octanol–water partition coefficient (Wildman–Crippen LogP) is 3.91. The van der Waals surface area contributed by atoms with Gasteiger partial charge in [-0.1, -0.05) is 43.0 Å². The lowest BCUT2D eigenvalue weighted by molar-refractivity contribution is -0.149. The molecule has 19 heavy (non-hydrogen) atoms. The molecule has 104 valence electrons. The lowest BCUT2D eigenvalue weighted by atomic mass is 9.55. The Morgan fingerprint density at radius 1 is 1.16 bits per heavy atom. The Labute approximate surface area is 120 Å². The molecule has 0 aliphatic heterocycles. The molecule has 2 aliphatic rings. The standard InChI is InChI=1S/C16H22ClNO/c17-13-6-4-12(5-7-13)11-19-15-10-14(18)16(15)8-2-1-3-9-16/h4-7,14-15H,1-3,8-11,18H2. The summed E-state index contributed by atoms with van der Waals surface area (Å²) in [5.41, 5.74) is 7.74. The van der Waals surface area contributed by atoms with E-state index in [1.807, 2.05) is 24.3 Å². The van der Waals surface area contributed by atoms with Gasteiger partial charge in [-0.05, 0) is 37.0 Å². The van der Waals surface area contributed by atoms with Crippen LogP contribution in [-0.4, -0.2) is 12.1 Å². The third kappa shape index (κ3) is 2.54. The normalized spacial score (nSPS) is 29.2. The largest absolute Gasteiger partial charge is 0.373 e. The van der Waals surface area contributed by atoms with Gasteiger partial charge in [-0.25, -0.2) is 0 Å². The highest BCUT2D eigenvalue weighted by molar-refractivity contribution is 6.30. The molecule has 2 nitrogen and oxygen atoms in total. The molecule has 1 spiro atoms. The summed E-state index contributed by atoms with van der Waals surface area (Å²) in [5, 5.41) is 0.776. The number of benzene rings is 1. The highest BCUT2D eigenvalue weighted by Crippen LogP contribution is 2.52. The fourth-order valence-electron chi connectivity index (χ4n) is 3.69. The van der Waals surface area contributed by atoms with Crippen LogP contribution in [0.2, 0.25) is 5.02 Å². The van der Waals surface area contributed by atoms with E-state index in [2.05, 4.69) is 0 Å². The molecule has 0 aromatic heterocycles. The van der Waals surface area contributed by atoms with Crippen LogP contribution in [0.25, 0.3) is 0 Å². The Morgan fingerprint density at radius 3 is 2.47 bits per heavy atom. The molecular formula is C16H22ClNO. The van der Waals surface area contributed by atoms with E-state index in [9.17, 15) is 0 Å². The second kappa shape index (κ2) is 5.43. The Balaban J connectivity index is 1.59. The predicted molar refractivity (Wildman–Crippen MR) is 78.1 cm³/mol. The highest BCUT2D eigenvalue weighted by atomic mass is 35.5. The lowest BCUT2D eigenvalue weighted by Gasteiger charge is -2.56. The van der Waals surface area contributed by atoms with Crippen molar-refractivity contribution in [3.8, 4) is 0 Å². The van der Waals surface area contributed by atoms with Crippen molar-refractivity contribution in [3.63, 3.8) is 0 Å². The number of hydrogen-bond donors (Lipinski definition) is 1. The molecule has 1 aromatic carbocycles. The van der Waals surface area contributed by atoms with Crippen LogP contribution in [0, 0.1) is 5.41 Å². The van der Waals surface area contributed by atoms with Gasteiger partial charge in [0.25, 0.3) is 0 Å². The molecule has 3 rings (SSSR count). The smallest absolute Gasteiger partial charge is 0.0720 e. The molecule has 0 radical (unpaired) electrons. The summed E-state index contributed by atoms with van der Waals surface area (Å²) in [6, 6.07) is 8.26. The van der Waals surface area contributed by atoms with Crippen molar-refractivity contribution in [2.24, 2.45) is 11.1 Å². The molecule has 0 saturated heterocycles. The van der Waals surface area contributed by atoms with Crippen LogP contribution in [0.4, 0.5) is 0 Å². The van der Waals surface area contributed by atoms with Crippen molar-refractivity contribution in [1.82, 2.24) is 0 Å². The van der Waals surface area contributed by atoms with Gasteiger partial charge in [-0.2, -0.15) is 0 Å². The Kier molecular flexibility index (Phi) is 3.84. The molecular weight excluding hydrogens is 258 g/mol. The second-order valence-electron chi connectivity index (χ2n) is 6.06. The van der Waals surface area contributed by atoms with E-state index in [1.165, 1.54) is 37.7 Å². The maximum Gasteiger partial charge on any atom is 0.0720 e. The van der Waals surface area contributed by atoms with E-state index in [0.717, 1.165) is 11.4 Å². The number of hydrogen-bond acceptors (Lipinski definition) is 2. The van der Waals surface area contributed by atoms with Crippen LogP contribution in [-0.2, 0) is 11.3 Å². The fraction of sp³-hybridized carbons (Fsp3) is 0.625. The molecule has 1 aromatic rings. The molecule has 2 fully saturated rings. The van der Waals surface area contributed by atoms with Gasteiger partial charge in [0.05, 0.1) is 12.7 Å². The minimum atomic E-state index is 0.282. The third-order valence-corrected chi connectivity index (χ3v) is 5.25. The number of halogens is 1. The maximum absolute atomic E-state index is 6.27. The minimum absolute atomic E-state index is 0.282. The van der Waals surface area contributed by atoms with Gasteiger partial charge in [0.15, 0.2) is 0 Å². The van der Waals surface area contributed by atoms with Gasteiger partial charge in [-0.3, -0.25) is 0 Å². The van der Waals surface area contributed by atoms with Crippen LogP contribution in [0.15, 0.2) is 24.3 Å². The molecule has 0 amide bonds. The van der Waals surface area contributed by atoms with Crippen LogP contribution in [0.3, 0.4) is 0 Å². The molecule has 2 atom stereocenters. The summed E-state index contributed by atoms with van der Waals surface area (Å²) in [4.78, 5) is 0. The molecule has 0 heterocycles. The molecule has 2 N–H and O–H groups in total. The molecule has 3 heteroatoms. The molecule has 2 unspecified atom stereocenters. The summed E-state index contributed by atoms with van der Waals surface area (Å²) in [7, 11) is 0. The average Bonchev–Trinajstić information content (AvgIpc) is 2.46. The van der Waals surface area contributed by atoms with Crippen molar-refractivity contribution >= 4 is 11.6 Å². The number of rotatable bonds is 3. The lowest BCUT2D eigenvalue weighted by Crippen LogP contribution is -2.62. The molecule has 0 bridgehead atoms. The first-order valence-electron chi connectivity index (χ1n) is 7.32. The monoisotopic (exact) mass is 279 g/mol. The van der Waals surface area contributed by atoms with Gasteiger partial charge in [0.1, 0.15) is 0 Å². The number of nitrogens with two attached hydrogens (primary N) is 1. The van der Waals surface area contributed by atoms with E-state index in [0.29, 0.717) is 18.8 Å². The Hall–Kier alpha value is -0.570. The van der Waals surface area contributed by atoms with Gasteiger partial charge in [0, 0.05) is 16.5 Å². The molecule has 2 saturated carbocycles. The summed E-state index contributed by atoms with van der Waals surface area (Å²) in [6.07, 6.45) is 7.87. The van der Waals surface area contributed by atoms with Gasteiger partial charge in [-0.15, -0.1) is 0 Å². The quantitative estimate of drug-likeness (QED) is 0.910. The van der Waals surface area contributed by atoms with Gasteiger partial charge >= 0.3 is 0 Å². The van der Waals surface area contributed by atoms with Crippen molar-refractivity contribution in [1.29, 1.82) is 0 Å². The first kappa shape index (κ1) is 13.4. The zero-order chi connectivity index (χ0) is 13.3. The van der Waals surface area contributed by atoms with Gasteiger partial charge in [0.2, 0.25) is 0 Å². The van der Waals surface area contributed by atoms with Gasteiger partial charge < -0.3 is 10.5 Å². The summed E-state index contributed by atoms with van der Waals surface area (Å²) < 4.78 is 6.14. The fourth-order valence-corrected chi connectivity index (χ4v) is 3.82. The minimum Gasteiger partial charge on any atom is -0.373 e. The van der Waals surface area contributed by atoms with Crippen molar-refractivity contribution < 1.29 is 4.74 Å². The van der Waals surface area contributed by atoms with E-state index in [-0.39, 0.29) is 5.41 Å². The Bertz CT molecular complexity index is 425. The third-order valence-electron chi connectivity index (χ3n) is 5.00. The summed E-state index contributed by atoms with van der Waals surface area (Å²) in [6.45, 7) is 0.677. The first-order valence-corrected chi connectivity index (χ1v) is 7.70. The topological polar surface area (TPSA) is 35.2 Å². The van der Waals surface area contributed by atoms with Crippen molar-refractivity contribution in [2.45, 2.75) is 57.3 Å². The van der Waals surface area contributed by atoms with E-state index >= 15 is 0 Å². The first-order chi connectivity index (χ1) is 9.21. The van der Waals surface area contributed by atoms with Crippen LogP contribution in [0.5, 0.6) is 0 Å². The van der Waals surface area contributed by atoms with Crippen LogP contribution < -0.4 is 5.73 Å². The van der Waals surface area contributed by atoms with Crippen LogP contribution >= 0.6 is 11.6 Å². The Morgan fingerprint density at radius 2 is 1.84 bits per heavy atom. The maximum atomic E-state index is 6.27. The van der Waals surface area contributed by atoms with E-state index in [4.69, 9.17) is 22.1 Å². The van der Waals surface area contributed by atoms with Crippen molar-refractivity contribution in [3.05, 3.63) is 34.9 Å². The van der Waals surface area contributed by atoms with E-state index in [1.54, 1.807) is 0 Å². The second-order valence-corrected chi connectivity index (χ2v) is 6.50. The number of ether oxygens (including phenoxy) is 1. The average molecular weight is 280 g/mol. The summed E-state index contributed by atoms with van der Waals surface area (Å²) >= 11 is 5.89. The highest BCUT2D eigenvalue weighted by Gasteiger charge is 2.53. The zero-order valence-electron chi connectivity index (χ0n) is 11.3.